The number of pyridine rings is 1. The van der Waals surface area contributed by atoms with E-state index in [0.29, 0.717) is 32.4 Å². The second kappa shape index (κ2) is 14.2. The standard InChI is InChI=1S/C35H28Cl2N6O6S/c1-21-14-27(15-22(2)33(21)37)49-26-8-5-23(6-9-26)20-42-31-11-7-25(36)16-29(31)34(40-42)35(44)41-50(47,48)28-10-12-32(43(45)46)30(17-28)39-19-24-4-3-13-38-18-24/h3-18,39H,19-20H2,1-2H3,(H,41,44). The van der Waals surface area contributed by atoms with E-state index in [1.807, 2.05) is 38.1 Å². The number of fused-ring (bicyclic) bond motifs is 1. The van der Waals surface area contributed by atoms with Crippen LogP contribution in [0.15, 0.2) is 102 Å². The largest absolute Gasteiger partial charge is 0.457 e. The average Bonchev–Trinajstić information content (AvgIpc) is 3.44. The molecule has 12 nitrogen and oxygen atoms in total. The van der Waals surface area contributed by atoms with Crippen molar-refractivity contribution in [3.05, 3.63) is 145 Å². The number of nitrogens with one attached hydrogen (secondary N) is 2. The van der Waals surface area contributed by atoms with E-state index >= 15 is 0 Å². The zero-order chi connectivity index (χ0) is 35.6. The summed E-state index contributed by atoms with van der Waals surface area (Å²) in [4.78, 5) is 28.2. The van der Waals surface area contributed by atoms with E-state index in [1.165, 1.54) is 6.07 Å². The van der Waals surface area contributed by atoms with Crippen molar-refractivity contribution in [2.75, 3.05) is 5.32 Å². The number of ether oxygens (including phenoxy) is 1. The lowest BCUT2D eigenvalue weighted by Crippen LogP contribution is -2.31. The number of nitrogens with zero attached hydrogens (tertiary/aromatic N) is 4. The molecule has 0 saturated heterocycles. The number of sulfonamides is 1. The number of carbonyl (C=O) groups excluding carboxylic acids is 1. The van der Waals surface area contributed by atoms with Gasteiger partial charge in [0, 0.05) is 40.4 Å². The van der Waals surface area contributed by atoms with E-state index < -0.39 is 20.9 Å². The van der Waals surface area contributed by atoms with Crippen LogP contribution >= 0.6 is 23.2 Å². The number of nitro groups is 1. The maximum Gasteiger partial charge on any atom is 0.292 e. The molecule has 0 bridgehead atoms. The molecule has 0 aliphatic heterocycles. The molecule has 0 fully saturated rings. The van der Waals surface area contributed by atoms with Crippen LogP contribution in [-0.4, -0.2) is 34.0 Å². The lowest BCUT2D eigenvalue weighted by molar-refractivity contribution is -0.384. The molecule has 0 radical (unpaired) electrons. The van der Waals surface area contributed by atoms with E-state index in [2.05, 4.69) is 20.1 Å². The summed E-state index contributed by atoms with van der Waals surface area (Å²) in [6.07, 6.45) is 3.16. The number of aromatic nitrogens is 3. The molecule has 2 N–H and O–H groups in total. The van der Waals surface area contributed by atoms with Gasteiger partial charge in [-0.1, -0.05) is 41.4 Å². The monoisotopic (exact) mass is 730 g/mol. The van der Waals surface area contributed by atoms with Gasteiger partial charge in [0.15, 0.2) is 5.69 Å². The van der Waals surface area contributed by atoms with Crippen LogP contribution in [0.4, 0.5) is 11.4 Å². The molecule has 6 aromatic rings. The molecule has 2 aromatic heterocycles. The van der Waals surface area contributed by atoms with Crippen LogP contribution in [0, 0.1) is 24.0 Å². The van der Waals surface area contributed by atoms with Crippen LogP contribution in [0.5, 0.6) is 11.5 Å². The molecule has 1 amide bonds. The van der Waals surface area contributed by atoms with Gasteiger partial charge in [-0.3, -0.25) is 24.6 Å². The SMILES string of the molecule is Cc1cc(Oc2ccc(Cn3nc(C(=O)NS(=O)(=O)c4ccc([N+](=O)[O-])c(NCc5cccnc5)c4)c4cc(Cl)ccc43)cc2)cc(C)c1Cl. The molecule has 6 rings (SSSR count). The molecule has 0 spiro atoms. The molecular formula is C35H28Cl2N6O6S. The predicted octanol–water partition coefficient (Wildman–Crippen LogP) is 7.83. The summed E-state index contributed by atoms with van der Waals surface area (Å²) in [7, 11) is -4.50. The third-order valence-electron chi connectivity index (χ3n) is 7.74. The van der Waals surface area contributed by atoms with Gasteiger partial charge in [-0.2, -0.15) is 5.10 Å². The molecule has 50 heavy (non-hydrogen) atoms. The Morgan fingerprint density at radius 1 is 0.940 bits per heavy atom. The summed E-state index contributed by atoms with van der Waals surface area (Å²) < 4.78 is 36.5. The fraction of sp³-hybridized carbons (Fsp3) is 0.114. The fourth-order valence-electron chi connectivity index (χ4n) is 5.29. The molecule has 254 valence electrons. The third kappa shape index (κ3) is 7.54. The van der Waals surface area contributed by atoms with E-state index in [0.717, 1.165) is 40.5 Å². The van der Waals surface area contributed by atoms with Gasteiger partial charge in [-0.05, 0) is 96.8 Å². The first kappa shape index (κ1) is 34.4. The highest BCUT2D eigenvalue weighted by atomic mass is 35.5. The molecule has 0 aliphatic rings. The normalized spacial score (nSPS) is 11.4. The number of halogens is 2. The lowest BCUT2D eigenvalue weighted by atomic mass is 10.1. The number of aryl methyl sites for hydroxylation is 2. The second-order valence-corrected chi connectivity index (χ2v) is 13.9. The van der Waals surface area contributed by atoms with Crippen molar-refractivity contribution >= 4 is 61.4 Å². The number of hydrogen-bond donors (Lipinski definition) is 2. The van der Waals surface area contributed by atoms with Gasteiger partial charge >= 0.3 is 0 Å². The highest BCUT2D eigenvalue weighted by Crippen LogP contribution is 2.31. The maximum atomic E-state index is 13.5. The highest BCUT2D eigenvalue weighted by Gasteiger charge is 2.26. The topological polar surface area (TPSA) is 158 Å². The Kier molecular flexibility index (Phi) is 9.73. The molecule has 0 unspecified atom stereocenters. The Morgan fingerprint density at radius 3 is 2.36 bits per heavy atom. The van der Waals surface area contributed by atoms with Crippen LogP contribution in [0.2, 0.25) is 10.0 Å². The fourth-order valence-corrected chi connectivity index (χ4v) is 6.55. The zero-order valence-electron chi connectivity index (χ0n) is 26.6. The van der Waals surface area contributed by atoms with E-state index in [4.69, 9.17) is 27.9 Å². The Morgan fingerprint density at radius 2 is 1.68 bits per heavy atom. The van der Waals surface area contributed by atoms with Gasteiger partial charge < -0.3 is 10.1 Å². The molecule has 4 aromatic carbocycles. The van der Waals surface area contributed by atoms with E-state index in [9.17, 15) is 23.3 Å². The van der Waals surface area contributed by atoms with Crippen LogP contribution < -0.4 is 14.8 Å². The van der Waals surface area contributed by atoms with Gasteiger partial charge in [0.25, 0.3) is 21.6 Å². The van der Waals surface area contributed by atoms with E-state index in [-0.39, 0.29) is 35.1 Å². The first-order valence-corrected chi connectivity index (χ1v) is 17.3. The minimum absolute atomic E-state index is 0.0505. The summed E-state index contributed by atoms with van der Waals surface area (Å²) in [5, 5.41) is 20.4. The quantitative estimate of drug-likeness (QED) is 0.100. The second-order valence-electron chi connectivity index (χ2n) is 11.4. The minimum atomic E-state index is -4.50. The van der Waals surface area contributed by atoms with Crippen LogP contribution in [0.3, 0.4) is 0 Å². The summed E-state index contributed by atoms with van der Waals surface area (Å²) in [6.45, 7) is 4.21. The van der Waals surface area contributed by atoms with Gasteiger partial charge in [0.1, 0.15) is 17.2 Å². The van der Waals surface area contributed by atoms with Crippen LogP contribution in [-0.2, 0) is 23.1 Å². The number of carbonyl (C=O) groups is 1. The first-order valence-electron chi connectivity index (χ1n) is 15.1. The smallest absolute Gasteiger partial charge is 0.292 e. The Labute approximate surface area is 296 Å². The summed E-state index contributed by atoms with van der Waals surface area (Å²) in [5.74, 6) is 0.263. The van der Waals surface area contributed by atoms with Crippen molar-refractivity contribution in [1.29, 1.82) is 0 Å². The molecular weight excluding hydrogens is 703 g/mol. The predicted molar refractivity (Wildman–Crippen MR) is 191 cm³/mol. The summed E-state index contributed by atoms with van der Waals surface area (Å²) in [5.41, 5.74) is 3.34. The van der Waals surface area contributed by atoms with Gasteiger partial charge in [-0.25, -0.2) is 13.1 Å². The number of amides is 1. The lowest BCUT2D eigenvalue weighted by Gasteiger charge is -2.11. The average molecular weight is 732 g/mol. The maximum absolute atomic E-state index is 13.5. The van der Waals surface area contributed by atoms with Gasteiger partial charge in [0.05, 0.1) is 21.9 Å². The Hall–Kier alpha value is -5.50. The first-order chi connectivity index (χ1) is 23.9. The Bertz CT molecular complexity index is 2340. The minimum Gasteiger partial charge on any atom is -0.457 e. The van der Waals surface area contributed by atoms with Crippen molar-refractivity contribution in [1.82, 2.24) is 19.5 Å². The summed E-state index contributed by atoms with van der Waals surface area (Å²) >= 11 is 12.5. The van der Waals surface area contributed by atoms with Crippen molar-refractivity contribution < 1.29 is 22.9 Å². The van der Waals surface area contributed by atoms with E-state index in [1.54, 1.807) is 53.5 Å². The van der Waals surface area contributed by atoms with Crippen molar-refractivity contribution in [2.24, 2.45) is 0 Å². The van der Waals surface area contributed by atoms with Gasteiger partial charge in [0.2, 0.25) is 0 Å². The molecule has 2 heterocycles. The number of hydrogen-bond acceptors (Lipinski definition) is 9. The molecule has 15 heteroatoms. The number of anilines is 1. The van der Waals surface area contributed by atoms with Crippen LogP contribution in [0.25, 0.3) is 10.9 Å². The van der Waals surface area contributed by atoms with Crippen molar-refractivity contribution in [2.45, 2.75) is 31.8 Å². The van der Waals surface area contributed by atoms with Crippen molar-refractivity contribution in [3.8, 4) is 11.5 Å². The third-order valence-corrected chi connectivity index (χ3v) is 9.90. The highest BCUT2D eigenvalue weighted by molar-refractivity contribution is 7.90. The number of nitro benzene ring substituents is 1. The molecule has 0 atom stereocenters. The number of rotatable bonds is 11. The van der Waals surface area contributed by atoms with Crippen molar-refractivity contribution in [3.63, 3.8) is 0 Å². The summed E-state index contributed by atoms with van der Waals surface area (Å²) in [6, 6.07) is 22.6. The molecule has 0 saturated carbocycles. The zero-order valence-corrected chi connectivity index (χ0v) is 28.9. The van der Waals surface area contributed by atoms with Gasteiger partial charge in [-0.15, -0.1) is 0 Å². The molecule has 0 aliphatic carbocycles. The number of benzene rings is 4. The Balaban J connectivity index is 1.23. The van der Waals surface area contributed by atoms with Crippen LogP contribution in [0.1, 0.15) is 32.7 Å².